The van der Waals surface area contributed by atoms with Crippen LogP contribution in [0.25, 0.3) is 6.08 Å². The Morgan fingerprint density at radius 3 is 2.62 bits per heavy atom. The zero-order chi connectivity index (χ0) is 20.8. The molecule has 0 bridgehead atoms. The maximum absolute atomic E-state index is 12.5. The number of carbonyl (C=O) groups excluding carboxylic acids is 1. The van der Waals surface area contributed by atoms with Gasteiger partial charge in [0, 0.05) is 35.7 Å². The van der Waals surface area contributed by atoms with Gasteiger partial charge in [-0.05, 0) is 36.8 Å². The highest BCUT2D eigenvalue weighted by Gasteiger charge is 2.57. The molecule has 1 N–H and O–H groups in total. The van der Waals surface area contributed by atoms with Crippen LogP contribution in [0.1, 0.15) is 37.0 Å². The molecule has 29 heavy (non-hydrogen) atoms. The fourth-order valence-electron chi connectivity index (χ4n) is 4.63. The summed E-state index contributed by atoms with van der Waals surface area (Å²) in [5, 5.41) is 3.31. The normalized spacial score (nSPS) is 22.2. The van der Waals surface area contributed by atoms with Gasteiger partial charge >= 0.3 is 0 Å². The van der Waals surface area contributed by atoms with Crippen LogP contribution < -0.4 is 19.7 Å². The number of hydrogen-bond acceptors (Lipinski definition) is 4. The lowest BCUT2D eigenvalue weighted by Gasteiger charge is -2.49. The summed E-state index contributed by atoms with van der Waals surface area (Å²) in [6.45, 7) is 7.20. The Bertz CT molecular complexity index is 996. The molecular formula is C24H28N2O3. The lowest BCUT2D eigenvalue weighted by Crippen LogP contribution is -2.68. The van der Waals surface area contributed by atoms with Crippen molar-refractivity contribution in [3.63, 3.8) is 0 Å². The summed E-state index contributed by atoms with van der Waals surface area (Å²) in [4.78, 5) is 14.9. The van der Waals surface area contributed by atoms with Crippen molar-refractivity contribution in [2.45, 2.75) is 38.3 Å². The van der Waals surface area contributed by atoms with Crippen LogP contribution in [0.15, 0.2) is 42.5 Å². The molecule has 4 rings (SSSR count). The van der Waals surface area contributed by atoms with Crippen LogP contribution in [0.4, 0.5) is 5.69 Å². The van der Waals surface area contributed by atoms with Crippen LogP contribution in [0.3, 0.4) is 0 Å². The molecule has 5 nitrogen and oxygen atoms in total. The van der Waals surface area contributed by atoms with E-state index in [0.29, 0.717) is 13.0 Å². The number of aryl methyl sites for hydroxylation is 1. The van der Waals surface area contributed by atoms with E-state index in [0.717, 1.165) is 17.1 Å². The highest BCUT2D eigenvalue weighted by molar-refractivity contribution is 5.85. The lowest BCUT2D eigenvalue weighted by molar-refractivity contribution is -0.124. The molecular weight excluding hydrogens is 364 g/mol. The fraction of sp³-hybridized carbons (Fsp3) is 0.375. The van der Waals surface area contributed by atoms with Gasteiger partial charge in [0.15, 0.2) is 0 Å². The predicted octanol–water partition coefficient (Wildman–Crippen LogP) is 4.04. The minimum absolute atomic E-state index is 0.0743. The molecule has 1 saturated heterocycles. The molecule has 0 aromatic heterocycles. The molecule has 2 aromatic carbocycles. The Hall–Kier alpha value is -2.95. The fourth-order valence-corrected chi connectivity index (χ4v) is 4.63. The van der Waals surface area contributed by atoms with Crippen LogP contribution in [0.5, 0.6) is 11.5 Å². The van der Waals surface area contributed by atoms with Crippen LogP contribution in [0, 0.1) is 6.92 Å². The van der Waals surface area contributed by atoms with Gasteiger partial charge in [0.05, 0.1) is 14.2 Å². The number of hydrogen-bond donors (Lipinski definition) is 1. The molecule has 0 radical (unpaired) electrons. The first kappa shape index (κ1) is 19.4. The highest BCUT2D eigenvalue weighted by atomic mass is 16.5. The molecule has 152 valence electrons. The third kappa shape index (κ3) is 2.87. The van der Waals surface area contributed by atoms with Crippen LogP contribution >= 0.6 is 0 Å². The molecule has 0 saturated carbocycles. The van der Waals surface area contributed by atoms with Crippen molar-refractivity contribution in [1.29, 1.82) is 0 Å². The van der Waals surface area contributed by atoms with Crippen molar-refractivity contribution in [3.05, 3.63) is 59.2 Å². The largest absolute Gasteiger partial charge is 0.497 e. The van der Waals surface area contributed by atoms with Gasteiger partial charge in [-0.15, -0.1) is 0 Å². The van der Waals surface area contributed by atoms with Gasteiger partial charge < -0.3 is 19.7 Å². The first-order valence-electron chi connectivity index (χ1n) is 9.93. The van der Waals surface area contributed by atoms with E-state index in [4.69, 9.17) is 9.47 Å². The van der Waals surface area contributed by atoms with E-state index in [1.165, 1.54) is 16.8 Å². The molecule has 2 aliphatic rings. The smallest absolute Gasteiger partial charge is 0.223 e. The van der Waals surface area contributed by atoms with Gasteiger partial charge in [0.25, 0.3) is 0 Å². The van der Waals surface area contributed by atoms with Gasteiger partial charge in [-0.2, -0.15) is 0 Å². The van der Waals surface area contributed by atoms with Crippen molar-refractivity contribution < 1.29 is 14.3 Å². The average Bonchev–Trinajstić information content (AvgIpc) is 2.90. The Morgan fingerprint density at radius 1 is 1.10 bits per heavy atom. The monoisotopic (exact) mass is 392 g/mol. The molecule has 0 spiro atoms. The molecule has 5 heteroatoms. The number of carbonyl (C=O) groups is 1. The number of anilines is 1. The highest BCUT2D eigenvalue weighted by Crippen LogP contribution is 2.52. The quantitative estimate of drug-likeness (QED) is 0.853. The SMILES string of the molecule is COc1ccc(/C=C/[C@@]23NC(=O)CCN2c2ccc(C)cc2C3(C)C)c(OC)c1. The van der Waals surface area contributed by atoms with Crippen molar-refractivity contribution in [1.82, 2.24) is 5.32 Å². The molecule has 0 unspecified atom stereocenters. The minimum Gasteiger partial charge on any atom is -0.497 e. The van der Waals surface area contributed by atoms with E-state index in [1.54, 1.807) is 14.2 Å². The van der Waals surface area contributed by atoms with E-state index in [9.17, 15) is 4.79 Å². The number of rotatable bonds is 4. The predicted molar refractivity (Wildman–Crippen MR) is 116 cm³/mol. The summed E-state index contributed by atoms with van der Waals surface area (Å²) < 4.78 is 10.9. The molecule has 1 fully saturated rings. The number of amides is 1. The Kier molecular flexibility index (Phi) is 4.56. The number of nitrogens with zero attached hydrogens (tertiary/aromatic N) is 1. The Morgan fingerprint density at radius 2 is 1.90 bits per heavy atom. The van der Waals surface area contributed by atoms with Crippen molar-refractivity contribution >= 4 is 17.7 Å². The second-order valence-corrected chi connectivity index (χ2v) is 8.30. The third-order valence-corrected chi connectivity index (χ3v) is 6.33. The number of benzene rings is 2. The zero-order valence-electron chi connectivity index (χ0n) is 17.7. The van der Waals surface area contributed by atoms with Crippen molar-refractivity contribution in [3.8, 4) is 11.5 Å². The van der Waals surface area contributed by atoms with Crippen molar-refractivity contribution in [2.24, 2.45) is 0 Å². The van der Waals surface area contributed by atoms with Gasteiger partial charge in [-0.1, -0.05) is 37.6 Å². The van der Waals surface area contributed by atoms with E-state index in [-0.39, 0.29) is 11.3 Å². The third-order valence-electron chi connectivity index (χ3n) is 6.33. The number of nitrogens with one attached hydrogen (secondary N) is 1. The van der Waals surface area contributed by atoms with E-state index >= 15 is 0 Å². The van der Waals surface area contributed by atoms with Gasteiger partial charge in [-0.25, -0.2) is 0 Å². The van der Waals surface area contributed by atoms with Crippen LogP contribution in [-0.2, 0) is 10.2 Å². The lowest BCUT2D eigenvalue weighted by atomic mass is 9.74. The summed E-state index contributed by atoms with van der Waals surface area (Å²) in [7, 11) is 3.29. The summed E-state index contributed by atoms with van der Waals surface area (Å²) in [5.74, 6) is 1.55. The number of fused-ring (bicyclic) bond motifs is 3. The minimum atomic E-state index is -0.636. The summed E-state index contributed by atoms with van der Waals surface area (Å²) in [5.41, 5.74) is 3.66. The summed E-state index contributed by atoms with van der Waals surface area (Å²) in [6, 6.07) is 12.3. The first-order valence-corrected chi connectivity index (χ1v) is 9.93. The number of methoxy groups -OCH3 is 2. The topological polar surface area (TPSA) is 50.8 Å². The summed E-state index contributed by atoms with van der Waals surface area (Å²) in [6.07, 6.45) is 4.64. The molecule has 0 aliphatic carbocycles. The van der Waals surface area contributed by atoms with E-state index in [1.807, 2.05) is 24.3 Å². The first-order chi connectivity index (χ1) is 13.8. The van der Waals surface area contributed by atoms with Crippen molar-refractivity contribution in [2.75, 3.05) is 25.7 Å². The standard InChI is InChI=1S/C24H28N2O3/c1-16-6-9-20-19(14-16)23(2,3)24(25-22(27)11-13-26(20)24)12-10-17-7-8-18(28-4)15-21(17)29-5/h6-10,12,14-15H,11,13H2,1-5H3,(H,25,27)/b12-10+/t24-/m1/s1. The van der Waals surface area contributed by atoms with Gasteiger partial charge in [0.1, 0.15) is 17.2 Å². The zero-order valence-corrected chi connectivity index (χ0v) is 17.7. The van der Waals surface area contributed by atoms with E-state index in [2.05, 4.69) is 55.3 Å². The van der Waals surface area contributed by atoms with Gasteiger partial charge in [-0.3, -0.25) is 4.79 Å². The molecule has 2 heterocycles. The van der Waals surface area contributed by atoms with Gasteiger partial charge in [0.2, 0.25) is 5.91 Å². The average molecular weight is 392 g/mol. The molecule has 2 aromatic rings. The molecule has 2 aliphatic heterocycles. The summed E-state index contributed by atoms with van der Waals surface area (Å²) >= 11 is 0. The second-order valence-electron chi connectivity index (χ2n) is 8.30. The van der Waals surface area contributed by atoms with Crippen LogP contribution in [0.2, 0.25) is 0 Å². The maximum atomic E-state index is 12.5. The second kappa shape index (κ2) is 6.83. The number of ether oxygens (including phenoxy) is 2. The Balaban J connectivity index is 1.83. The van der Waals surface area contributed by atoms with E-state index < -0.39 is 5.66 Å². The van der Waals surface area contributed by atoms with Crippen LogP contribution in [-0.4, -0.2) is 32.3 Å². The maximum Gasteiger partial charge on any atom is 0.223 e. The molecule has 1 amide bonds. The Labute approximate surface area is 172 Å². The molecule has 1 atom stereocenters.